The Hall–Kier alpha value is -2.07. The third kappa shape index (κ3) is 2.54. The van der Waals surface area contributed by atoms with Crippen molar-refractivity contribution >= 4 is 5.69 Å². The standard InChI is InChI=1S/C13H14N2O2/c1-9-6-11(14)13(15-7-9)17-12-5-3-2-4-10(12)8-16/h2-7,16H,8,14H2,1H3. The quantitative estimate of drug-likeness (QED) is 0.848. The van der Waals surface area contributed by atoms with Gasteiger partial charge in [-0.15, -0.1) is 0 Å². The van der Waals surface area contributed by atoms with Crippen molar-refractivity contribution in [3.63, 3.8) is 0 Å². The van der Waals surface area contributed by atoms with E-state index >= 15 is 0 Å². The maximum atomic E-state index is 9.18. The van der Waals surface area contributed by atoms with Gasteiger partial charge in [0.15, 0.2) is 0 Å². The first-order valence-corrected chi connectivity index (χ1v) is 5.29. The topological polar surface area (TPSA) is 68.4 Å². The molecule has 1 aromatic carbocycles. The van der Waals surface area contributed by atoms with Gasteiger partial charge in [-0.3, -0.25) is 0 Å². The molecule has 0 fully saturated rings. The van der Waals surface area contributed by atoms with E-state index in [4.69, 9.17) is 10.5 Å². The zero-order chi connectivity index (χ0) is 12.3. The van der Waals surface area contributed by atoms with Crippen LogP contribution in [0.5, 0.6) is 11.6 Å². The molecule has 4 nitrogen and oxygen atoms in total. The lowest BCUT2D eigenvalue weighted by Crippen LogP contribution is -1.97. The van der Waals surface area contributed by atoms with Crippen molar-refractivity contribution in [3.05, 3.63) is 47.7 Å². The number of aromatic nitrogens is 1. The zero-order valence-electron chi connectivity index (χ0n) is 9.55. The zero-order valence-corrected chi connectivity index (χ0v) is 9.55. The molecule has 2 rings (SSSR count). The predicted octanol–water partition coefficient (Wildman–Crippen LogP) is 2.26. The SMILES string of the molecule is Cc1cnc(Oc2ccccc2CO)c(N)c1. The van der Waals surface area contributed by atoms with Crippen LogP contribution in [-0.2, 0) is 6.61 Å². The van der Waals surface area contributed by atoms with Gasteiger partial charge >= 0.3 is 0 Å². The summed E-state index contributed by atoms with van der Waals surface area (Å²) >= 11 is 0. The molecule has 0 saturated carbocycles. The van der Waals surface area contributed by atoms with Gasteiger partial charge in [0, 0.05) is 11.8 Å². The molecule has 2 aromatic rings. The summed E-state index contributed by atoms with van der Waals surface area (Å²) in [6.07, 6.45) is 1.69. The molecule has 0 saturated heterocycles. The first-order valence-electron chi connectivity index (χ1n) is 5.29. The van der Waals surface area contributed by atoms with E-state index in [0.29, 0.717) is 22.9 Å². The van der Waals surface area contributed by atoms with Gasteiger partial charge < -0.3 is 15.6 Å². The summed E-state index contributed by atoms with van der Waals surface area (Å²) in [5.41, 5.74) is 7.97. The second-order valence-corrected chi connectivity index (χ2v) is 3.77. The van der Waals surface area contributed by atoms with E-state index < -0.39 is 0 Å². The number of aryl methyl sites for hydroxylation is 1. The number of aliphatic hydroxyl groups is 1. The van der Waals surface area contributed by atoms with Crippen LogP contribution in [0.2, 0.25) is 0 Å². The number of nitrogen functional groups attached to an aromatic ring is 1. The number of ether oxygens (including phenoxy) is 1. The highest BCUT2D eigenvalue weighted by Gasteiger charge is 2.07. The Morgan fingerprint density at radius 3 is 2.82 bits per heavy atom. The van der Waals surface area contributed by atoms with Crippen LogP contribution in [0.1, 0.15) is 11.1 Å². The average molecular weight is 230 g/mol. The molecule has 1 aromatic heterocycles. The maximum absolute atomic E-state index is 9.18. The van der Waals surface area contributed by atoms with Crippen molar-refractivity contribution < 1.29 is 9.84 Å². The highest BCUT2D eigenvalue weighted by molar-refractivity contribution is 5.51. The number of benzene rings is 1. The number of pyridine rings is 1. The Bertz CT molecular complexity index is 527. The maximum Gasteiger partial charge on any atom is 0.242 e. The summed E-state index contributed by atoms with van der Waals surface area (Å²) in [4.78, 5) is 4.12. The van der Waals surface area contributed by atoms with Gasteiger partial charge in [-0.1, -0.05) is 18.2 Å². The smallest absolute Gasteiger partial charge is 0.242 e. The average Bonchev–Trinajstić information content (AvgIpc) is 2.33. The number of rotatable bonds is 3. The van der Waals surface area contributed by atoms with Gasteiger partial charge in [-0.05, 0) is 24.6 Å². The van der Waals surface area contributed by atoms with Crippen molar-refractivity contribution in [3.8, 4) is 11.6 Å². The molecule has 4 heteroatoms. The van der Waals surface area contributed by atoms with Crippen molar-refractivity contribution in [2.45, 2.75) is 13.5 Å². The second kappa shape index (κ2) is 4.84. The molecule has 0 aliphatic carbocycles. The third-order valence-electron chi connectivity index (χ3n) is 2.37. The lowest BCUT2D eigenvalue weighted by atomic mass is 10.2. The number of aliphatic hydroxyl groups excluding tert-OH is 1. The van der Waals surface area contributed by atoms with Crippen LogP contribution >= 0.6 is 0 Å². The molecule has 0 bridgehead atoms. The Kier molecular flexibility index (Phi) is 3.25. The fraction of sp³-hybridized carbons (Fsp3) is 0.154. The number of hydrogen-bond donors (Lipinski definition) is 2. The van der Waals surface area contributed by atoms with Crippen LogP contribution in [0.15, 0.2) is 36.5 Å². The molecule has 17 heavy (non-hydrogen) atoms. The van der Waals surface area contributed by atoms with E-state index in [2.05, 4.69) is 4.98 Å². The summed E-state index contributed by atoms with van der Waals surface area (Å²) in [6.45, 7) is 1.83. The molecular weight excluding hydrogens is 216 g/mol. The van der Waals surface area contributed by atoms with Gasteiger partial charge in [0.25, 0.3) is 0 Å². The Labute approximate surface area is 99.7 Å². The summed E-state index contributed by atoms with van der Waals surface area (Å²) < 4.78 is 5.59. The summed E-state index contributed by atoms with van der Waals surface area (Å²) in [7, 11) is 0. The molecule has 0 spiro atoms. The molecular formula is C13H14N2O2. The third-order valence-corrected chi connectivity index (χ3v) is 2.37. The first kappa shape index (κ1) is 11.4. The number of para-hydroxylation sites is 1. The van der Waals surface area contributed by atoms with Crippen molar-refractivity contribution in [2.24, 2.45) is 0 Å². The van der Waals surface area contributed by atoms with Crippen LogP contribution in [0.25, 0.3) is 0 Å². The fourth-order valence-corrected chi connectivity index (χ4v) is 1.50. The van der Waals surface area contributed by atoms with Crippen LogP contribution in [0, 0.1) is 6.92 Å². The van der Waals surface area contributed by atoms with Gasteiger partial charge in [-0.2, -0.15) is 0 Å². The molecule has 0 aliphatic heterocycles. The summed E-state index contributed by atoms with van der Waals surface area (Å²) in [5, 5.41) is 9.18. The number of nitrogens with zero attached hydrogens (tertiary/aromatic N) is 1. The lowest BCUT2D eigenvalue weighted by Gasteiger charge is -2.10. The van der Waals surface area contributed by atoms with Crippen molar-refractivity contribution in [2.75, 3.05) is 5.73 Å². The van der Waals surface area contributed by atoms with E-state index in [1.54, 1.807) is 24.4 Å². The van der Waals surface area contributed by atoms with Gasteiger partial charge in [0.05, 0.1) is 12.3 Å². The van der Waals surface area contributed by atoms with E-state index in [1.165, 1.54) is 0 Å². The molecule has 0 unspecified atom stereocenters. The lowest BCUT2D eigenvalue weighted by molar-refractivity contribution is 0.276. The van der Waals surface area contributed by atoms with Gasteiger partial charge in [0.2, 0.25) is 5.88 Å². The summed E-state index contributed by atoms with van der Waals surface area (Å²) in [5.74, 6) is 0.926. The minimum Gasteiger partial charge on any atom is -0.437 e. The normalized spacial score (nSPS) is 10.2. The highest BCUT2D eigenvalue weighted by Crippen LogP contribution is 2.28. The highest BCUT2D eigenvalue weighted by atomic mass is 16.5. The van der Waals surface area contributed by atoms with Crippen LogP contribution in [-0.4, -0.2) is 10.1 Å². The van der Waals surface area contributed by atoms with E-state index in [9.17, 15) is 5.11 Å². The molecule has 0 amide bonds. The van der Waals surface area contributed by atoms with Crippen molar-refractivity contribution in [1.29, 1.82) is 0 Å². The fourth-order valence-electron chi connectivity index (χ4n) is 1.50. The van der Waals surface area contributed by atoms with Gasteiger partial charge in [0.1, 0.15) is 5.75 Å². The van der Waals surface area contributed by atoms with Crippen molar-refractivity contribution in [1.82, 2.24) is 4.98 Å². The Morgan fingerprint density at radius 1 is 1.35 bits per heavy atom. The monoisotopic (exact) mass is 230 g/mol. The minimum absolute atomic E-state index is 0.0814. The van der Waals surface area contributed by atoms with Gasteiger partial charge in [-0.25, -0.2) is 4.98 Å². The first-order chi connectivity index (χ1) is 8.20. The molecule has 0 radical (unpaired) electrons. The van der Waals surface area contributed by atoms with E-state index in [1.807, 2.05) is 19.1 Å². The minimum atomic E-state index is -0.0814. The predicted molar refractivity (Wildman–Crippen MR) is 65.8 cm³/mol. The number of hydrogen-bond acceptors (Lipinski definition) is 4. The number of nitrogens with two attached hydrogens (primary N) is 1. The molecule has 0 aliphatic rings. The number of anilines is 1. The molecule has 88 valence electrons. The molecule has 1 heterocycles. The largest absolute Gasteiger partial charge is 0.437 e. The Morgan fingerprint density at radius 2 is 2.12 bits per heavy atom. The Balaban J connectivity index is 2.31. The van der Waals surface area contributed by atoms with E-state index in [-0.39, 0.29) is 6.61 Å². The van der Waals surface area contributed by atoms with Crippen LogP contribution < -0.4 is 10.5 Å². The van der Waals surface area contributed by atoms with Crippen LogP contribution in [0.3, 0.4) is 0 Å². The van der Waals surface area contributed by atoms with E-state index in [0.717, 1.165) is 5.56 Å². The molecule has 3 N–H and O–H groups in total. The molecule has 0 atom stereocenters. The van der Waals surface area contributed by atoms with Crippen LogP contribution in [0.4, 0.5) is 5.69 Å². The second-order valence-electron chi connectivity index (χ2n) is 3.77. The summed E-state index contributed by atoms with van der Waals surface area (Å²) in [6, 6.07) is 9.03.